The Labute approximate surface area is 182 Å². The molecule has 3 aromatic rings. The van der Waals surface area contributed by atoms with Crippen LogP contribution in [-0.2, 0) is 0 Å². The summed E-state index contributed by atoms with van der Waals surface area (Å²) in [7, 11) is 0. The first-order chi connectivity index (χ1) is 15.2. The quantitative estimate of drug-likeness (QED) is 0.558. The number of rotatable bonds is 6. The molecule has 31 heavy (non-hydrogen) atoms. The van der Waals surface area contributed by atoms with Crippen LogP contribution in [0, 0.1) is 5.82 Å². The van der Waals surface area contributed by atoms with E-state index in [9.17, 15) is 9.18 Å². The number of hydrogen-bond donors (Lipinski definition) is 3. The number of amides is 2. The number of halogens is 1. The lowest BCUT2D eigenvalue weighted by molar-refractivity contribution is 0.140. The maximum atomic E-state index is 14.1. The lowest BCUT2D eigenvalue weighted by atomic mass is 9.91. The van der Waals surface area contributed by atoms with Gasteiger partial charge in [-0.15, -0.1) is 0 Å². The minimum Gasteiger partial charge on any atom is -0.329 e. The van der Waals surface area contributed by atoms with E-state index in [2.05, 4.69) is 33.0 Å². The maximum absolute atomic E-state index is 14.1. The van der Waals surface area contributed by atoms with Crippen LogP contribution in [-0.4, -0.2) is 37.1 Å². The van der Waals surface area contributed by atoms with Gasteiger partial charge in [0.2, 0.25) is 0 Å². The molecule has 1 fully saturated rings. The summed E-state index contributed by atoms with van der Waals surface area (Å²) in [6.45, 7) is 3.54. The Kier molecular flexibility index (Phi) is 6.92. The fourth-order valence-electron chi connectivity index (χ4n) is 4.09. The number of anilines is 1. The van der Waals surface area contributed by atoms with Gasteiger partial charge in [-0.05, 0) is 23.3 Å². The van der Waals surface area contributed by atoms with Crippen LogP contribution in [0.15, 0.2) is 84.9 Å². The number of para-hydroxylation sites is 1. The van der Waals surface area contributed by atoms with Gasteiger partial charge in [0.15, 0.2) is 0 Å². The Balaban J connectivity index is 1.66. The lowest BCUT2D eigenvalue weighted by Gasteiger charge is -2.40. The van der Waals surface area contributed by atoms with Crippen LogP contribution in [0.1, 0.15) is 23.2 Å². The fourth-order valence-corrected chi connectivity index (χ4v) is 4.09. The molecule has 3 N–H and O–H groups in total. The summed E-state index contributed by atoms with van der Waals surface area (Å²) in [4.78, 5) is 15.3. The predicted molar refractivity (Wildman–Crippen MR) is 121 cm³/mol. The van der Waals surface area contributed by atoms with Crippen LogP contribution in [0.4, 0.5) is 14.9 Å². The molecular formula is C25H27FN4O. The van der Waals surface area contributed by atoms with Gasteiger partial charge in [0, 0.05) is 26.2 Å². The molecule has 6 heteroatoms. The molecule has 1 aliphatic rings. The minimum absolute atomic E-state index is 0.0583. The number of piperazine rings is 1. The molecule has 160 valence electrons. The second kappa shape index (κ2) is 10.2. The SMILES string of the molecule is O=C(Nc1ccccc1F)N[C@H](c1ccccc1)C(c1ccccc1)N1CCNCC1. The highest BCUT2D eigenvalue weighted by Crippen LogP contribution is 2.34. The minimum atomic E-state index is -0.462. The van der Waals surface area contributed by atoms with Crippen LogP contribution in [0.25, 0.3) is 0 Å². The Bertz CT molecular complexity index is 977. The van der Waals surface area contributed by atoms with Gasteiger partial charge in [-0.25, -0.2) is 9.18 Å². The first-order valence-corrected chi connectivity index (χ1v) is 10.6. The average Bonchev–Trinajstić information content (AvgIpc) is 2.82. The highest BCUT2D eigenvalue weighted by atomic mass is 19.1. The summed E-state index contributed by atoms with van der Waals surface area (Å²) in [6, 6.07) is 25.5. The summed E-state index contributed by atoms with van der Waals surface area (Å²) in [6.07, 6.45) is 0. The van der Waals surface area contributed by atoms with Crippen molar-refractivity contribution in [2.45, 2.75) is 12.1 Å². The van der Waals surface area contributed by atoms with Crippen molar-refractivity contribution in [1.29, 1.82) is 0 Å². The molecule has 2 amide bonds. The number of nitrogens with zero attached hydrogens (tertiary/aromatic N) is 1. The third-order valence-electron chi connectivity index (χ3n) is 5.57. The third-order valence-corrected chi connectivity index (χ3v) is 5.57. The van der Waals surface area contributed by atoms with Crippen molar-refractivity contribution in [1.82, 2.24) is 15.5 Å². The first kappa shape index (κ1) is 21.0. The molecule has 0 radical (unpaired) electrons. The standard InChI is InChI=1S/C25H27FN4O/c26-21-13-7-8-14-22(21)28-25(31)29-23(19-9-3-1-4-10-19)24(20-11-5-2-6-12-20)30-17-15-27-16-18-30/h1-14,23-24,27H,15-18H2,(H2,28,29,31)/t23-,24?/m1/s1. The van der Waals surface area contributed by atoms with Crippen LogP contribution in [0.5, 0.6) is 0 Å². The highest BCUT2D eigenvalue weighted by Gasteiger charge is 2.32. The van der Waals surface area contributed by atoms with Gasteiger partial charge in [-0.2, -0.15) is 0 Å². The molecule has 0 spiro atoms. The van der Waals surface area contributed by atoms with Crippen molar-refractivity contribution < 1.29 is 9.18 Å². The molecule has 4 rings (SSSR count). The van der Waals surface area contributed by atoms with Gasteiger partial charge in [0.25, 0.3) is 0 Å². The summed E-state index contributed by atoms with van der Waals surface area (Å²) in [5.74, 6) is -0.462. The zero-order valence-corrected chi connectivity index (χ0v) is 17.3. The fraction of sp³-hybridized carbons (Fsp3) is 0.240. The summed E-state index contributed by atoms with van der Waals surface area (Å²) >= 11 is 0. The molecular weight excluding hydrogens is 391 g/mol. The number of carbonyl (C=O) groups is 1. The van der Waals surface area contributed by atoms with E-state index >= 15 is 0 Å². The van der Waals surface area contributed by atoms with Crippen molar-refractivity contribution in [3.63, 3.8) is 0 Å². The van der Waals surface area contributed by atoms with Crippen molar-refractivity contribution in [2.75, 3.05) is 31.5 Å². The third kappa shape index (κ3) is 5.29. The van der Waals surface area contributed by atoms with E-state index in [1.807, 2.05) is 48.5 Å². The average molecular weight is 419 g/mol. The Morgan fingerprint density at radius 2 is 1.42 bits per heavy atom. The van der Waals surface area contributed by atoms with E-state index in [-0.39, 0.29) is 17.8 Å². The number of carbonyl (C=O) groups excluding carboxylic acids is 1. The van der Waals surface area contributed by atoms with E-state index < -0.39 is 11.8 Å². The van der Waals surface area contributed by atoms with Gasteiger partial charge in [-0.1, -0.05) is 72.8 Å². The van der Waals surface area contributed by atoms with E-state index in [4.69, 9.17) is 0 Å². The zero-order chi connectivity index (χ0) is 21.5. The topological polar surface area (TPSA) is 56.4 Å². The number of hydrogen-bond acceptors (Lipinski definition) is 3. The summed E-state index contributed by atoms with van der Waals surface area (Å²) < 4.78 is 14.1. The molecule has 0 aliphatic carbocycles. The highest BCUT2D eigenvalue weighted by molar-refractivity contribution is 5.89. The number of nitrogens with one attached hydrogen (secondary N) is 3. The van der Waals surface area contributed by atoms with E-state index in [1.54, 1.807) is 18.2 Å². The molecule has 0 saturated carbocycles. The monoisotopic (exact) mass is 418 g/mol. The summed E-state index contributed by atoms with van der Waals surface area (Å²) in [5.41, 5.74) is 2.29. The second-order valence-electron chi connectivity index (χ2n) is 7.61. The molecule has 5 nitrogen and oxygen atoms in total. The molecule has 1 saturated heterocycles. The Morgan fingerprint density at radius 3 is 2.06 bits per heavy atom. The Hall–Kier alpha value is -3.22. The molecule has 1 unspecified atom stereocenters. The van der Waals surface area contributed by atoms with Gasteiger partial charge < -0.3 is 16.0 Å². The molecule has 3 aromatic carbocycles. The molecule has 1 aliphatic heterocycles. The van der Waals surface area contributed by atoms with E-state index in [0.717, 1.165) is 37.3 Å². The van der Waals surface area contributed by atoms with Gasteiger partial charge >= 0.3 is 6.03 Å². The van der Waals surface area contributed by atoms with Crippen molar-refractivity contribution >= 4 is 11.7 Å². The van der Waals surface area contributed by atoms with Gasteiger partial charge in [-0.3, -0.25) is 4.90 Å². The Morgan fingerprint density at radius 1 is 0.839 bits per heavy atom. The van der Waals surface area contributed by atoms with Crippen LogP contribution >= 0.6 is 0 Å². The molecule has 0 aromatic heterocycles. The van der Waals surface area contributed by atoms with Crippen molar-refractivity contribution in [3.05, 3.63) is 102 Å². The number of urea groups is 1. The normalized spacial score (nSPS) is 16.3. The summed E-state index contributed by atoms with van der Waals surface area (Å²) in [5, 5.41) is 9.19. The molecule has 2 atom stereocenters. The van der Waals surface area contributed by atoms with Gasteiger partial charge in [0.05, 0.1) is 17.8 Å². The van der Waals surface area contributed by atoms with Crippen molar-refractivity contribution in [2.24, 2.45) is 0 Å². The van der Waals surface area contributed by atoms with Crippen LogP contribution in [0.2, 0.25) is 0 Å². The van der Waals surface area contributed by atoms with Crippen LogP contribution < -0.4 is 16.0 Å². The maximum Gasteiger partial charge on any atom is 0.319 e. The molecule has 0 bridgehead atoms. The first-order valence-electron chi connectivity index (χ1n) is 10.6. The zero-order valence-electron chi connectivity index (χ0n) is 17.3. The van der Waals surface area contributed by atoms with Gasteiger partial charge in [0.1, 0.15) is 5.82 Å². The van der Waals surface area contributed by atoms with Crippen molar-refractivity contribution in [3.8, 4) is 0 Å². The number of benzene rings is 3. The van der Waals surface area contributed by atoms with Crippen LogP contribution in [0.3, 0.4) is 0 Å². The predicted octanol–water partition coefficient (Wildman–Crippen LogP) is 4.34. The second-order valence-corrected chi connectivity index (χ2v) is 7.61. The van der Waals surface area contributed by atoms with E-state index in [1.165, 1.54) is 6.07 Å². The lowest BCUT2D eigenvalue weighted by Crippen LogP contribution is -2.49. The smallest absolute Gasteiger partial charge is 0.319 e. The molecule has 1 heterocycles. The largest absolute Gasteiger partial charge is 0.329 e. The van der Waals surface area contributed by atoms with E-state index in [0.29, 0.717) is 0 Å².